The van der Waals surface area contributed by atoms with Crippen molar-refractivity contribution >= 4 is 10.0 Å². The van der Waals surface area contributed by atoms with Gasteiger partial charge < -0.3 is 5.11 Å². The van der Waals surface area contributed by atoms with Crippen molar-refractivity contribution in [1.82, 2.24) is 4.72 Å². The lowest BCUT2D eigenvalue weighted by atomic mass is 10.1. The SMILES string of the molecule is CC(O)CCCCCNS(=O)(=O)Cc1ccccc1. The van der Waals surface area contributed by atoms with Gasteiger partial charge in [0.05, 0.1) is 11.9 Å². The van der Waals surface area contributed by atoms with Gasteiger partial charge in [-0.25, -0.2) is 13.1 Å². The van der Waals surface area contributed by atoms with E-state index in [1.54, 1.807) is 6.92 Å². The van der Waals surface area contributed by atoms with Crippen molar-refractivity contribution in [1.29, 1.82) is 0 Å². The van der Waals surface area contributed by atoms with Crippen LogP contribution in [-0.4, -0.2) is 26.2 Å². The van der Waals surface area contributed by atoms with Crippen LogP contribution < -0.4 is 4.72 Å². The summed E-state index contributed by atoms with van der Waals surface area (Å²) in [5.74, 6) is 0.0293. The Balaban J connectivity index is 2.21. The van der Waals surface area contributed by atoms with Crippen molar-refractivity contribution in [3.8, 4) is 0 Å². The summed E-state index contributed by atoms with van der Waals surface area (Å²) in [4.78, 5) is 0. The van der Waals surface area contributed by atoms with Gasteiger partial charge in [0, 0.05) is 6.54 Å². The standard InChI is InChI=1S/C14H23NO3S/c1-13(16)8-4-3-7-11-15-19(17,18)12-14-9-5-2-6-10-14/h2,5-6,9-10,13,15-16H,3-4,7-8,11-12H2,1H3. The van der Waals surface area contributed by atoms with E-state index in [4.69, 9.17) is 5.11 Å². The molecule has 0 aliphatic carbocycles. The predicted octanol–water partition coefficient (Wildman–Crippen LogP) is 2.05. The van der Waals surface area contributed by atoms with Crippen molar-refractivity contribution < 1.29 is 13.5 Å². The number of aliphatic hydroxyl groups excluding tert-OH is 1. The molecule has 1 atom stereocenters. The fourth-order valence-electron chi connectivity index (χ4n) is 1.81. The zero-order chi connectivity index (χ0) is 14.1. The van der Waals surface area contributed by atoms with Crippen LogP contribution in [0.1, 0.15) is 38.2 Å². The van der Waals surface area contributed by atoms with Gasteiger partial charge in [0.1, 0.15) is 0 Å². The van der Waals surface area contributed by atoms with Gasteiger partial charge in [-0.15, -0.1) is 0 Å². The van der Waals surface area contributed by atoms with Crippen LogP contribution in [0.15, 0.2) is 30.3 Å². The molecule has 2 N–H and O–H groups in total. The van der Waals surface area contributed by atoms with Crippen molar-refractivity contribution in [2.45, 2.75) is 44.5 Å². The normalized spacial score (nSPS) is 13.4. The summed E-state index contributed by atoms with van der Waals surface area (Å²) < 4.78 is 26.2. The average Bonchev–Trinajstić information content (AvgIpc) is 2.34. The second-order valence-electron chi connectivity index (χ2n) is 4.84. The Morgan fingerprint density at radius 3 is 2.47 bits per heavy atom. The molecule has 0 aromatic heterocycles. The number of aliphatic hydroxyl groups is 1. The molecule has 0 radical (unpaired) electrons. The molecule has 0 fully saturated rings. The third kappa shape index (κ3) is 7.97. The maximum Gasteiger partial charge on any atom is 0.215 e. The predicted molar refractivity (Wildman–Crippen MR) is 77.2 cm³/mol. The lowest BCUT2D eigenvalue weighted by molar-refractivity contribution is 0.180. The van der Waals surface area contributed by atoms with Crippen molar-refractivity contribution in [3.63, 3.8) is 0 Å². The van der Waals surface area contributed by atoms with E-state index in [1.165, 1.54) is 0 Å². The fraction of sp³-hybridized carbons (Fsp3) is 0.571. The van der Waals surface area contributed by atoms with E-state index in [9.17, 15) is 8.42 Å². The molecule has 0 bridgehead atoms. The Morgan fingerprint density at radius 1 is 1.16 bits per heavy atom. The second-order valence-corrected chi connectivity index (χ2v) is 6.64. The van der Waals surface area contributed by atoms with Gasteiger partial charge in [-0.1, -0.05) is 43.2 Å². The Labute approximate surface area is 115 Å². The van der Waals surface area contributed by atoms with E-state index in [0.29, 0.717) is 6.54 Å². The summed E-state index contributed by atoms with van der Waals surface area (Å²) >= 11 is 0. The van der Waals surface area contributed by atoms with Crippen LogP contribution in [0.4, 0.5) is 0 Å². The highest BCUT2D eigenvalue weighted by atomic mass is 32.2. The lowest BCUT2D eigenvalue weighted by Crippen LogP contribution is -2.26. The summed E-state index contributed by atoms with van der Waals surface area (Å²) in [7, 11) is -3.24. The molecule has 0 saturated carbocycles. The molecule has 1 aromatic rings. The van der Waals surface area contributed by atoms with Crippen LogP contribution in [0.2, 0.25) is 0 Å². The molecular formula is C14H23NO3S. The van der Waals surface area contributed by atoms with Gasteiger partial charge in [-0.05, 0) is 25.3 Å². The second kappa shape index (κ2) is 8.30. The smallest absolute Gasteiger partial charge is 0.215 e. The highest BCUT2D eigenvalue weighted by Gasteiger charge is 2.10. The first-order valence-corrected chi connectivity index (χ1v) is 8.34. The van der Waals surface area contributed by atoms with E-state index in [-0.39, 0.29) is 11.9 Å². The van der Waals surface area contributed by atoms with Crippen molar-refractivity contribution in [3.05, 3.63) is 35.9 Å². The maximum atomic E-state index is 11.8. The molecule has 19 heavy (non-hydrogen) atoms. The molecule has 4 nitrogen and oxygen atoms in total. The minimum Gasteiger partial charge on any atom is -0.393 e. The summed E-state index contributed by atoms with van der Waals surface area (Å²) in [5, 5.41) is 9.09. The third-order valence-corrected chi connectivity index (χ3v) is 4.18. The molecule has 1 rings (SSSR count). The van der Waals surface area contributed by atoms with Crippen LogP contribution in [-0.2, 0) is 15.8 Å². The Morgan fingerprint density at radius 2 is 1.84 bits per heavy atom. The zero-order valence-corrected chi connectivity index (χ0v) is 12.2. The first kappa shape index (κ1) is 16.1. The molecule has 0 amide bonds. The van der Waals surface area contributed by atoms with Gasteiger partial charge in [-0.2, -0.15) is 0 Å². The molecular weight excluding hydrogens is 262 g/mol. The maximum absolute atomic E-state index is 11.8. The van der Waals surface area contributed by atoms with Crippen LogP contribution in [0.5, 0.6) is 0 Å². The largest absolute Gasteiger partial charge is 0.393 e. The van der Waals surface area contributed by atoms with E-state index in [1.807, 2.05) is 30.3 Å². The van der Waals surface area contributed by atoms with Gasteiger partial charge in [-0.3, -0.25) is 0 Å². The number of nitrogens with one attached hydrogen (secondary N) is 1. The summed E-state index contributed by atoms with van der Waals surface area (Å²) in [6, 6.07) is 9.15. The fourth-order valence-corrected chi connectivity index (χ4v) is 3.00. The molecule has 108 valence electrons. The summed E-state index contributed by atoms with van der Waals surface area (Å²) in [6.07, 6.45) is 3.17. The number of rotatable bonds is 9. The third-order valence-electron chi connectivity index (χ3n) is 2.82. The minimum atomic E-state index is -3.24. The number of unbranched alkanes of at least 4 members (excludes halogenated alkanes) is 2. The Hall–Kier alpha value is -0.910. The molecule has 0 heterocycles. The van der Waals surface area contributed by atoms with Gasteiger partial charge in [0.15, 0.2) is 0 Å². The Bertz CT molecular complexity index is 443. The molecule has 0 aliphatic rings. The molecule has 0 saturated heterocycles. The van der Waals surface area contributed by atoms with Crippen molar-refractivity contribution in [2.24, 2.45) is 0 Å². The highest BCUT2D eigenvalue weighted by molar-refractivity contribution is 7.88. The quantitative estimate of drug-likeness (QED) is 0.682. The van der Waals surface area contributed by atoms with E-state index in [2.05, 4.69) is 4.72 Å². The van der Waals surface area contributed by atoms with Crippen LogP contribution in [0.25, 0.3) is 0 Å². The average molecular weight is 285 g/mol. The van der Waals surface area contributed by atoms with Gasteiger partial charge >= 0.3 is 0 Å². The van der Waals surface area contributed by atoms with Gasteiger partial charge in [0.2, 0.25) is 10.0 Å². The van der Waals surface area contributed by atoms with E-state index >= 15 is 0 Å². The highest BCUT2D eigenvalue weighted by Crippen LogP contribution is 2.05. The summed E-state index contributed by atoms with van der Waals surface area (Å²) in [6.45, 7) is 2.23. The minimum absolute atomic E-state index is 0.0293. The summed E-state index contributed by atoms with van der Waals surface area (Å²) in [5.41, 5.74) is 0.795. The lowest BCUT2D eigenvalue weighted by Gasteiger charge is -2.07. The van der Waals surface area contributed by atoms with E-state index < -0.39 is 10.0 Å². The van der Waals surface area contributed by atoms with E-state index in [0.717, 1.165) is 31.2 Å². The number of hydrogen-bond donors (Lipinski definition) is 2. The number of hydrogen-bond acceptors (Lipinski definition) is 3. The Kier molecular flexibility index (Phi) is 7.05. The number of sulfonamides is 1. The molecule has 5 heteroatoms. The topological polar surface area (TPSA) is 66.4 Å². The number of benzene rings is 1. The molecule has 1 unspecified atom stereocenters. The molecule has 0 spiro atoms. The van der Waals surface area contributed by atoms with Gasteiger partial charge in [0.25, 0.3) is 0 Å². The van der Waals surface area contributed by atoms with Crippen LogP contribution in [0, 0.1) is 0 Å². The molecule has 0 aliphatic heterocycles. The van der Waals surface area contributed by atoms with Crippen molar-refractivity contribution in [2.75, 3.05) is 6.54 Å². The first-order chi connectivity index (χ1) is 8.99. The van der Waals surface area contributed by atoms with Crippen LogP contribution >= 0.6 is 0 Å². The molecule has 1 aromatic carbocycles. The van der Waals surface area contributed by atoms with Crippen LogP contribution in [0.3, 0.4) is 0 Å². The first-order valence-electron chi connectivity index (χ1n) is 6.69. The zero-order valence-electron chi connectivity index (χ0n) is 11.4. The monoisotopic (exact) mass is 285 g/mol.